The second-order valence-electron chi connectivity index (χ2n) is 4.86. The number of nitrogens with two attached hydrogens (primary N) is 1. The summed E-state index contributed by atoms with van der Waals surface area (Å²) in [6.07, 6.45) is 1.03. The lowest BCUT2D eigenvalue weighted by atomic mass is 9.97. The highest BCUT2D eigenvalue weighted by Crippen LogP contribution is 2.32. The molecule has 2 aromatic carbocycles. The highest BCUT2D eigenvalue weighted by atomic mass is 35.5. The van der Waals surface area contributed by atoms with E-state index in [1.807, 2.05) is 0 Å². The molecule has 0 saturated heterocycles. The van der Waals surface area contributed by atoms with Crippen molar-refractivity contribution in [3.63, 3.8) is 0 Å². The van der Waals surface area contributed by atoms with Crippen molar-refractivity contribution in [1.29, 1.82) is 0 Å². The zero-order valence-electron chi connectivity index (χ0n) is 11.2. The molecule has 4 heteroatoms. The maximum absolute atomic E-state index is 6.18. The predicted octanol–water partition coefficient (Wildman–Crippen LogP) is 3.94. The molecule has 3 rings (SSSR count). The van der Waals surface area contributed by atoms with Crippen LogP contribution in [0.3, 0.4) is 0 Å². The van der Waals surface area contributed by atoms with Gasteiger partial charge in [0.1, 0.15) is 0 Å². The molecule has 0 bridgehead atoms. The van der Waals surface area contributed by atoms with Gasteiger partial charge in [-0.1, -0.05) is 48.5 Å². The fourth-order valence-electron chi connectivity index (χ4n) is 2.63. The topological polar surface area (TPSA) is 29.3 Å². The maximum atomic E-state index is 6.18. The molecular weight excluding hydrogens is 291 g/mol. The van der Waals surface area contributed by atoms with E-state index in [4.69, 9.17) is 5.73 Å². The van der Waals surface area contributed by atoms with Gasteiger partial charge in [-0.05, 0) is 23.6 Å². The molecule has 0 spiro atoms. The summed E-state index contributed by atoms with van der Waals surface area (Å²) in [5.74, 6) is 0. The van der Waals surface area contributed by atoms with Gasteiger partial charge in [-0.15, -0.1) is 24.8 Å². The molecule has 108 valence electrons. The van der Waals surface area contributed by atoms with Crippen LogP contribution in [0.5, 0.6) is 0 Å². The summed E-state index contributed by atoms with van der Waals surface area (Å²) < 4.78 is 0. The van der Waals surface area contributed by atoms with Gasteiger partial charge in [-0.2, -0.15) is 0 Å². The van der Waals surface area contributed by atoms with Crippen LogP contribution in [0.1, 0.15) is 23.6 Å². The quantitative estimate of drug-likeness (QED) is 0.910. The van der Waals surface area contributed by atoms with Crippen LogP contribution >= 0.6 is 24.8 Å². The van der Waals surface area contributed by atoms with E-state index in [0.29, 0.717) is 0 Å². The minimum Gasteiger partial charge on any atom is -0.367 e. The van der Waals surface area contributed by atoms with E-state index in [1.54, 1.807) is 0 Å². The van der Waals surface area contributed by atoms with Crippen LogP contribution in [0.2, 0.25) is 0 Å². The van der Waals surface area contributed by atoms with Crippen molar-refractivity contribution in [2.75, 3.05) is 11.4 Å². The fourth-order valence-corrected chi connectivity index (χ4v) is 2.63. The number of nitrogens with zero attached hydrogens (tertiary/aromatic N) is 1. The Morgan fingerprint density at radius 1 is 0.950 bits per heavy atom. The molecule has 1 heterocycles. The van der Waals surface area contributed by atoms with E-state index < -0.39 is 0 Å². The fraction of sp³-hybridized carbons (Fsp3) is 0.250. The highest BCUT2D eigenvalue weighted by Gasteiger charge is 2.21. The van der Waals surface area contributed by atoms with Crippen molar-refractivity contribution in [1.82, 2.24) is 0 Å². The Bertz CT molecular complexity index is 531. The lowest BCUT2D eigenvalue weighted by Gasteiger charge is -2.34. The molecule has 2 nitrogen and oxygen atoms in total. The van der Waals surface area contributed by atoms with E-state index in [1.165, 1.54) is 16.8 Å². The molecule has 20 heavy (non-hydrogen) atoms. The van der Waals surface area contributed by atoms with Gasteiger partial charge in [0, 0.05) is 24.8 Å². The average Bonchev–Trinajstić information content (AvgIpc) is 2.44. The molecule has 2 N–H and O–H groups in total. The van der Waals surface area contributed by atoms with Crippen molar-refractivity contribution in [3.05, 3.63) is 65.7 Å². The molecule has 1 aliphatic rings. The average molecular weight is 311 g/mol. The van der Waals surface area contributed by atoms with E-state index in [-0.39, 0.29) is 30.9 Å². The molecular formula is C16H20Cl2N2. The number of fused-ring (bicyclic) bond motifs is 1. The van der Waals surface area contributed by atoms with Crippen molar-refractivity contribution >= 4 is 30.5 Å². The van der Waals surface area contributed by atoms with Gasteiger partial charge < -0.3 is 10.6 Å². The van der Waals surface area contributed by atoms with Gasteiger partial charge in [-0.25, -0.2) is 0 Å². The Labute approximate surface area is 132 Å². The molecule has 1 unspecified atom stereocenters. The Hall–Kier alpha value is -1.22. The lowest BCUT2D eigenvalue weighted by Crippen LogP contribution is -2.33. The van der Waals surface area contributed by atoms with E-state index >= 15 is 0 Å². The van der Waals surface area contributed by atoms with Gasteiger partial charge in [0.25, 0.3) is 0 Å². The Morgan fingerprint density at radius 3 is 2.35 bits per heavy atom. The molecule has 0 aromatic heterocycles. The van der Waals surface area contributed by atoms with Gasteiger partial charge >= 0.3 is 0 Å². The van der Waals surface area contributed by atoms with Crippen molar-refractivity contribution in [2.45, 2.75) is 19.0 Å². The normalized spacial score (nSPS) is 16.6. The first kappa shape index (κ1) is 16.8. The number of hydrogen-bond donors (Lipinski definition) is 1. The number of halogens is 2. The summed E-state index contributed by atoms with van der Waals surface area (Å²) >= 11 is 0. The summed E-state index contributed by atoms with van der Waals surface area (Å²) in [6.45, 7) is 2.00. The third-order valence-electron chi connectivity index (χ3n) is 3.60. The molecule has 0 saturated carbocycles. The molecule has 2 aromatic rings. The van der Waals surface area contributed by atoms with Gasteiger partial charge in [0.05, 0.1) is 0 Å². The standard InChI is InChI=1S/C16H18N2.2ClH/c17-15-10-11-18(12-13-6-2-1-3-7-13)16-9-5-4-8-14(15)16;;/h1-9,15H,10-12,17H2;2*1H. The Morgan fingerprint density at radius 2 is 1.60 bits per heavy atom. The number of hydrogen-bond acceptors (Lipinski definition) is 2. The van der Waals surface area contributed by atoms with E-state index in [0.717, 1.165) is 19.5 Å². The number of benzene rings is 2. The zero-order valence-corrected chi connectivity index (χ0v) is 12.9. The maximum Gasteiger partial charge on any atom is 0.0429 e. The lowest BCUT2D eigenvalue weighted by molar-refractivity contribution is 0.590. The van der Waals surface area contributed by atoms with Crippen molar-refractivity contribution in [2.24, 2.45) is 5.73 Å². The third-order valence-corrected chi connectivity index (χ3v) is 3.60. The second-order valence-corrected chi connectivity index (χ2v) is 4.86. The minimum atomic E-state index is 0. The first-order valence-electron chi connectivity index (χ1n) is 6.48. The van der Waals surface area contributed by atoms with Crippen LogP contribution in [0.15, 0.2) is 54.6 Å². The molecule has 0 amide bonds. The predicted molar refractivity (Wildman–Crippen MR) is 90.0 cm³/mol. The first-order valence-corrected chi connectivity index (χ1v) is 6.48. The molecule has 0 radical (unpaired) electrons. The Kier molecular flexibility index (Phi) is 6.34. The van der Waals surface area contributed by atoms with Gasteiger partial charge in [-0.3, -0.25) is 0 Å². The van der Waals surface area contributed by atoms with E-state index in [9.17, 15) is 0 Å². The number of para-hydroxylation sites is 1. The van der Waals surface area contributed by atoms with Gasteiger partial charge in [0.2, 0.25) is 0 Å². The zero-order chi connectivity index (χ0) is 12.4. The minimum absolute atomic E-state index is 0. The highest BCUT2D eigenvalue weighted by molar-refractivity contribution is 5.85. The van der Waals surface area contributed by atoms with Gasteiger partial charge in [0.15, 0.2) is 0 Å². The molecule has 0 fully saturated rings. The second kappa shape index (κ2) is 7.53. The number of anilines is 1. The first-order chi connectivity index (χ1) is 8.84. The molecule has 0 aliphatic carbocycles. The summed E-state index contributed by atoms with van der Waals surface area (Å²) in [7, 11) is 0. The largest absolute Gasteiger partial charge is 0.367 e. The van der Waals surface area contributed by atoms with Crippen molar-refractivity contribution < 1.29 is 0 Å². The summed E-state index contributed by atoms with van der Waals surface area (Å²) in [4.78, 5) is 2.42. The van der Waals surface area contributed by atoms with Crippen LogP contribution in [-0.2, 0) is 6.54 Å². The van der Waals surface area contributed by atoms with Crippen LogP contribution in [0, 0.1) is 0 Å². The summed E-state index contributed by atoms with van der Waals surface area (Å²) in [5.41, 5.74) is 10.1. The van der Waals surface area contributed by atoms with Crippen LogP contribution in [-0.4, -0.2) is 6.54 Å². The smallest absolute Gasteiger partial charge is 0.0429 e. The molecule has 1 atom stereocenters. The number of rotatable bonds is 2. The third kappa shape index (κ3) is 3.45. The van der Waals surface area contributed by atoms with Crippen LogP contribution in [0.4, 0.5) is 5.69 Å². The summed E-state index contributed by atoms with van der Waals surface area (Å²) in [6, 6.07) is 19.3. The van der Waals surface area contributed by atoms with E-state index in [2.05, 4.69) is 59.5 Å². The molecule has 1 aliphatic heterocycles. The Balaban J connectivity index is 0.000001000. The van der Waals surface area contributed by atoms with Crippen LogP contribution in [0.25, 0.3) is 0 Å². The monoisotopic (exact) mass is 310 g/mol. The summed E-state index contributed by atoms with van der Waals surface area (Å²) in [5, 5.41) is 0. The van der Waals surface area contributed by atoms with Crippen LogP contribution < -0.4 is 10.6 Å². The SMILES string of the molecule is Cl.Cl.NC1CCN(Cc2ccccc2)c2ccccc21. The van der Waals surface area contributed by atoms with Crippen molar-refractivity contribution in [3.8, 4) is 0 Å².